The molecule has 0 radical (unpaired) electrons. The Balaban J connectivity index is 0.000000473. The molecule has 19 heteroatoms. The largest absolute Gasteiger partial charge is 0.358 e. The van der Waals surface area contributed by atoms with Crippen LogP contribution >= 0.6 is 0 Å². The Labute approximate surface area is 193 Å². The molecule has 4 aromatic heterocycles. The summed E-state index contributed by atoms with van der Waals surface area (Å²) in [6, 6.07) is 5.56. The molecule has 0 saturated heterocycles. The van der Waals surface area contributed by atoms with Crippen molar-refractivity contribution in [1.82, 2.24) is 33.9 Å². The van der Waals surface area contributed by atoms with Gasteiger partial charge >= 0.3 is 5.82 Å². The predicted octanol–water partition coefficient (Wildman–Crippen LogP) is 0.306. The monoisotopic (exact) mass is 491 g/mol. The third kappa shape index (κ3) is 6.27. The fourth-order valence-corrected chi connectivity index (χ4v) is 2.94. The average Bonchev–Trinajstić information content (AvgIpc) is 3.30. The molecule has 4 rings (SSSR count). The maximum Gasteiger partial charge on any atom is 0.342 e. The van der Waals surface area contributed by atoms with E-state index in [1.165, 1.54) is 15.4 Å². The van der Waals surface area contributed by atoms with E-state index in [2.05, 4.69) is 20.1 Å². The van der Waals surface area contributed by atoms with Gasteiger partial charge in [0.25, 0.3) is 10.2 Å². The minimum absolute atomic E-state index is 0.152. The van der Waals surface area contributed by atoms with Crippen LogP contribution in [-0.2, 0) is 20.6 Å². The number of imidazole rings is 1. The van der Waals surface area contributed by atoms with Crippen molar-refractivity contribution in [3.8, 4) is 11.5 Å². The van der Waals surface area contributed by atoms with Gasteiger partial charge in [-0.2, -0.15) is 5.10 Å². The SMILES string of the molecule is Cn1c([N+](=O)[O-])cnc1-c1nn(C)c2ncn(Cc3ccccn3)c(=N)c12.O=[N+]([O-])O.O=[N+]([O-])O. The lowest BCUT2D eigenvalue weighted by molar-refractivity contribution is -0.742. The van der Waals surface area contributed by atoms with Crippen LogP contribution in [0, 0.1) is 35.8 Å². The van der Waals surface area contributed by atoms with Gasteiger partial charge in [-0.25, -0.2) is 19.2 Å². The van der Waals surface area contributed by atoms with Gasteiger partial charge in [0.15, 0.2) is 11.3 Å². The second-order valence-corrected chi connectivity index (χ2v) is 6.44. The van der Waals surface area contributed by atoms with Gasteiger partial charge in [0.2, 0.25) is 5.82 Å². The third-order valence-corrected chi connectivity index (χ3v) is 4.28. The standard InChI is InChI=1S/C16H15N9O2.2HNO3/c1-22-11(25(26)27)7-19-16(22)13-12-14(17)24(8-10-5-3-4-6-18-10)9-20-15(12)23(2)21-13;2*2-1(3)4/h3-7,9,17H,8H2,1-2H3;2*(H,2,3,4). The van der Waals surface area contributed by atoms with Crippen LogP contribution in [-0.4, -0.2) is 59.4 Å². The normalized spacial score (nSPS) is 10.0. The van der Waals surface area contributed by atoms with Crippen molar-refractivity contribution < 1.29 is 25.5 Å². The van der Waals surface area contributed by atoms with Crippen LogP contribution in [0.5, 0.6) is 0 Å². The molecule has 0 saturated carbocycles. The number of nitro groups is 1. The molecule has 0 atom stereocenters. The molecule has 0 aliphatic rings. The highest BCUT2D eigenvalue weighted by atomic mass is 16.9. The molecule has 35 heavy (non-hydrogen) atoms. The summed E-state index contributed by atoms with van der Waals surface area (Å²) >= 11 is 0. The van der Waals surface area contributed by atoms with Gasteiger partial charge in [-0.05, 0) is 17.1 Å². The number of nitrogens with zero attached hydrogens (tertiary/aromatic N) is 10. The molecule has 4 heterocycles. The summed E-state index contributed by atoms with van der Waals surface area (Å²) in [5.74, 6) is 0.152. The van der Waals surface area contributed by atoms with Gasteiger partial charge in [0.05, 0.1) is 31.0 Å². The predicted molar refractivity (Wildman–Crippen MR) is 112 cm³/mol. The second-order valence-electron chi connectivity index (χ2n) is 6.44. The number of hydrogen-bond acceptors (Lipinski definition) is 11. The number of aryl methyl sites for hydroxylation is 1. The molecule has 0 aliphatic heterocycles. The maximum absolute atomic E-state index is 11.1. The lowest BCUT2D eigenvalue weighted by Gasteiger charge is -2.06. The quantitative estimate of drug-likeness (QED) is 0.257. The first kappa shape index (κ1) is 25.8. The highest BCUT2D eigenvalue weighted by Gasteiger charge is 2.25. The highest BCUT2D eigenvalue weighted by Crippen LogP contribution is 2.25. The number of fused-ring (bicyclic) bond motifs is 1. The van der Waals surface area contributed by atoms with E-state index in [9.17, 15) is 10.1 Å². The fourth-order valence-electron chi connectivity index (χ4n) is 2.94. The minimum atomic E-state index is -1.50. The van der Waals surface area contributed by atoms with Crippen LogP contribution in [0.2, 0.25) is 0 Å². The lowest BCUT2D eigenvalue weighted by atomic mass is 10.2. The second kappa shape index (κ2) is 10.9. The Kier molecular flexibility index (Phi) is 8.02. The van der Waals surface area contributed by atoms with E-state index in [4.69, 9.17) is 36.1 Å². The van der Waals surface area contributed by atoms with E-state index in [0.29, 0.717) is 29.1 Å². The van der Waals surface area contributed by atoms with Gasteiger partial charge in [-0.3, -0.25) is 10.4 Å². The van der Waals surface area contributed by atoms with Crippen LogP contribution in [0.3, 0.4) is 0 Å². The molecule has 3 N–H and O–H groups in total. The molecule has 0 aliphatic carbocycles. The van der Waals surface area contributed by atoms with Crippen molar-refractivity contribution in [3.05, 3.63) is 78.4 Å². The molecule has 0 unspecified atom stereocenters. The van der Waals surface area contributed by atoms with Crippen molar-refractivity contribution in [2.24, 2.45) is 14.1 Å². The number of hydrogen-bond donors (Lipinski definition) is 3. The molecule has 0 fully saturated rings. The van der Waals surface area contributed by atoms with Gasteiger partial charge in [0, 0.05) is 13.2 Å². The number of rotatable bonds is 4. The van der Waals surface area contributed by atoms with E-state index in [1.807, 2.05) is 18.2 Å². The summed E-state index contributed by atoms with van der Waals surface area (Å²) in [6.45, 7) is 0.373. The van der Waals surface area contributed by atoms with Crippen LogP contribution in [0.15, 0.2) is 36.9 Å². The summed E-state index contributed by atoms with van der Waals surface area (Å²) in [5, 5.41) is 51.9. The van der Waals surface area contributed by atoms with Crippen molar-refractivity contribution in [2.45, 2.75) is 6.54 Å². The number of nitrogens with one attached hydrogen (secondary N) is 1. The van der Waals surface area contributed by atoms with Crippen molar-refractivity contribution in [2.75, 3.05) is 0 Å². The Hall–Kier alpha value is -5.49. The minimum Gasteiger partial charge on any atom is -0.358 e. The first-order valence-corrected chi connectivity index (χ1v) is 9.13. The third-order valence-electron chi connectivity index (χ3n) is 4.28. The first-order chi connectivity index (χ1) is 16.4. The smallest absolute Gasteiger partial charge is 0.342 e. The molecule has 0 amide bonds. The van der Waals surface area contributed by atoms with E-state index in [1.54, 1.807) is 31.2 Å². The highest BCUT2D eigenvalue weighted by molar-refractivity contribution is 5.88. The molecule has 0 bridgehead atoms. The van der Waals surface area contributed by atoms with Crippen LogP contribution < -0.4 is 5.49 Å². The molecule has 4 aromatic rings. The topological polar surface area (TPSA) is 260 Å². The zero-order valence-corrected chi connectivity index (χ0v) is 18.0. The zero-order chi connectivity index (χ0) is 26.3. The summed E-state index contributed by atoms with van der Waals surface area (Å²) in [7, 11) is 3.25. The van der Waals surface area contributed by atoms with Crippen LogP contribution in [0.4, 0.5) is 5.82 Å². The Morgan fingerprint density at radius 3 is 2.17 bits per heavy atom. The molecule has 19 nitrogen and oxygen atoms in total. The van der Waals surface area contributed by atoms with Gasteiger partial charge < -0.3 is 25.1 Å². The van der Waals surface area contributed by atoms with Gasteiger partial charge in [-0.1, -0.05) is 6.07 Å². The summed E-state index contributed by atoms with van der Waals surface area (Å²) in [5.41, 5.74) is 1.84. The fraction of sp³-hybridized carbons (Fsp3) is 0.188. The van der Waals surface area contributed by atoms with Crippen LogP contribution in [0.25, 0.3) is 22.6 Å². The summed E-state index contributed by atoms with van der Waals surface area (Å²) in [4.78, 5) is 40.1. The van der Waals surface area contributed by atoms with E-state index in [-0.39, 0.29) is 11.3 Å². The Morgan fingerprint density at radius 1 is 1.03 bits per heavy atom. The zero-order valence-electron chi connectivity index (χ0n) is 18.0. The average molecular weight is 491 g/mol. The van der Waals surface area contributed by atoms with Gasteiger partial charge in [-0.15, -0.1) is 20.2 Å². The van der Waals surface area contributed by atoms with Crippen molar-refractivity contribution in [1.29, 1.82) is 5.41 Å². The molecule has 0 spiro atoms. The molecular weight excluding hydrogens is 474 g/mol. The molecule has 0 aromatic carbocycles. The summed E-state index contributed by atoms with van der Waals surface area (Å²) in [6.07, 6.45) is 4.43. The van der Waals surface area contributed by atoms with Crippen molar-refractivity contribution in [3.63, 3.8) is 0 Å². The van der Waals surface area contributed by atoms with E-state index < -0.39 is 15.1 Å². The maximum atomic E-state index is 11.1. The lowest BCUT2D eigenvalue weighted by Crippen LogP contribution is -2.22. The van der Waals surface area contributed by atoms with Crippen LogP contribution in [0.1, 0.15) is 5.69 Å². The Morgan fingerprint density at radius 2 is 1.66 bits per heavy atom. The Bertz CT molecular complexity index is 1410. The molecular formula is C16H17N11O8. The van der Waals surface area contributed by atoms with E-state index >= 15 is 0 Å². The molecule has 184 valence electrons. The van der Waals surface area contributed by atoms with E-state index in [0.717, 1.165) is 5.69 Å². The number of pyridine rings is 1. The van der Waals surface area contributed by atoms with Crippen molar-refractivity contribution >= 4 is 16.9 Å². The first-order valence-electron chi connectivity index (χ1n) is 9.13. The number of aromatic nitrogens is 7. The summed E-state index contributed by atoms with van der Waals surface area (Å²) < 4.78 is 4.53. The van der Waals surface area contributed by atoms with Gasteiger partial charge in [0.1, 0.15) is 11.7 Å².